The van der Waals surface area contributed by atoms with Crippen molar-refractivity contribution in [2.45, 2.75) is 0 Å². The molecule has 1 aromatic carbocycles. The fraction of sp³-hybridized carbons (Fsp3) is 0.316. The van der Waals surface area contributed by atoms with E-state index in [1.807, 2.05) is 35.2 Å². The Morgan fingerprint density at radius 3 is 2.42 bits per heavy atom. The number of anilines is 1. The molecule has 0 aliphatic carbocycles. The first-order chi connectivity index (χ1) is 12.7. The summed E-state index contributed by atoms with van der Waals surface area (Å²) < 4.78 is 5.01. The number of hydrogen-bond acceptors (Lipinski definition) is 5. The van der Waals surface area contributed by atoms with Crippen molar-refractivity contribution in [3.05, 3.63) is 54.2 Å². The molecule has 1 aliphatic rings. The highest BCUT2D eigenvalue weighted by molar-refractivity contribution is 5.94. The summed E-state index contributed by atoms with van der Waals surface area (Å²) in [5, 5.41) is 2.88. The standard InChI is InChI=1S/C19H22N4O3/c1-26-18-8-7-15(13-20-18)19(25)23-11-9-22(10-12-23)14-17(24)21-16-5-3-2-4-6-16/h2-8,13H,9-12,14H2,1H3,(H,21,24). The molecule has 0 saturated carbocycles. The van der Waals surface area contributed by atoms with Crippen LogP contribution < -0.4 is 10.1 Å². The van der Waals surface area contributed by atoms with Gasteiger partial charge in [0.25, 0.3) is 5.91 Å². The summed E-state index contributed by atoms with van der Waals surface area (Å²) in [6.45, 7) is 2.82. The van der Waals surface area contributed by atoms with Crippen molar-refractivity contribution < 1.29 is 14.3 Å². The number of piperazine rings is 1. The van der Waals surface area contributed by atoms with Gasteiger partial charge in [-0.05, 0) is 18.2 Å². The van der Waals surface area contributed by atoms with Crippen molar-refractivity contribution in [1.29, 1.82) is 0 Å². The van der Waals surface area contributed by atoms with E-state index in [1.54, 1.807) is 17.0 Å². The lowest BCUT2D eigenvalue weighted by atomic mass is 10.2. The van der Waals surface area contributed by atoms with Gasteiger partial charge in [-0.1, -0.05) is 18.2 Å². The number of amides is 2. The van der Waals surface area contributed by atoms with Gasteiger partial charge in [0.05, 0.1) is 19.2 Å². The maximum atomic E-state index is 12.5. The van der Waals surface area contributed by atoms with Gasteiger partial charge in [-0.3, -0.25) is 14.5 Å². The lowest BCUT2D eigenvalue weighted by Crippen LogP contribution is -2.50. The van der Waals surface area contributed by atoms with Crippen LogP contribution in [0.5, 0.6) is 5.88 Å². The number of nitrogens with one attached hydrogen (secondary N) is 1. The second-order valence-corrected chi connectivity index (χ2v) is 6.07. The summed E-state index contributed by atoms with van der Waals surface area (Å²) in [7, 11) is 1.54. The molecule has 3 rings (SSSR count). The van der Waals surface area contributed by atoms with Gasteiger partial charge in [0, 0.05) is 44.1 Å². The third kappa shape index (κ3) is 4.58. The molecule has 1 fully saturated rings. The second-order valence-electron chi connectivity index (χ2n) is 6.07. The number of nitrogens with zero attached hydrogens (tertiary/aromatic N) is 3. The van der Waals surface area contributed by atoms with Gasteiger partial charge in [-0.15, -0.1) is 0 Å². The Morgan fingerprint density at radius 1 is 1.08 bits per heavy atom. The van der Waals surface area contributed by atoms with Gasteiger partial charge < -0.3 is 15.0 Å². The summed E-state index contributed by atoms with van der Waals surface area (Å²) in [6, 6.07) is 12.8. The number of methoxy groups -OCH3 is 1. The molecule has 7 heteroatoms. The minimum absolute atomic E-state index is 0.0460. The van der Waals surface area contributed by atoms with E-state index in [1.165, 1.54) is 13.3 Å². The predicted molar refractivity (Wildman–Crippen MR) is 98.2 cm³/mol. The van der Waals surface area contributed by atoms with Gasteiger partial charge in [0.2, 0.25) is 11.8 Å². The molecule has 7 nitrogen and oxygen atoms in total. The largest absolute Gasteiger partial charge is 0.481 e. The monoisotopic (exact) mass is 354 g/mol. The number of carbonyl (C=O) groups excluding carboxylic acids is 2. The molecule has 0 spiro atoms. The van der Waals surface area contributed by atoms with Crippen molar-refractivity contribution in [2.75, 3.05) is 45.2 Å². The van der Waals surface area contributed by atoms with Gasteiger partial charge >= 0.3 is 0 Å². The smallest absolute Gasteiger partial charge is 0.255 e. The highest BCUT2D eigenvalue weighted by atomic mass is 16.5. The van der Waals surface area contributed by atoms with E-state index in [4.69, 9.17) is 4.74 Å². The first-order valence-electron chi connectivity index (χ1n) is 8.52. The normalized spacial score (nSPS) is 14.7. The molecular formula is C19H22N4O3. The topological polar surface area (TPSA) is 74.8 Å². The first kappa shape index (κ1) is 17.9. The van der Waals surface area contributed by atoms with Crippen LogP contribution in [-0.2, 0) is 4.79 Å². The number of aromatic nitrogens is 1. The van der Waals surface area contributed by atoms with Crippen LogP contribution >= 0.6 is 0 Å². The van der Waals surface area contributed by atoms with E-state index in [0.717, 1.165) is 5.69 Å². The number of benzene rings is 1. The first-order valence-corrected chi connectivity index (χ1v) is 8.52. The zero-order chi connectivity index (χ0) is 18.4. The van der Waals surface area contributed by atoms with E-state index in [0.29, 0.717) is 44.2 Å². The third-order valence-electron chi connectivity index (χ3n) is 4.28. The summed E-state index contributed by atoms with van der Waals surface area (Å²) in [6.07, 6.45) is 1.53. The van der Waals surface area contributed by atoms with Crippen LogP contribution in [-0.4, -0.2) is 66.4 Å². The van der Waals surface area contributed by atoms with Crippen molar-refractivity contribution in [3.8, 4) is 5.88 Å². The molecular weight excluding hydrogens is 332 g/mol. The molecule has 0 atom stereocenters. The number of ether oxygens (including phenoxy) is 1. The minimum atomic E-state index is -0.0476. The third-order valence-corrected chi connectivity index (χ3v) is 4.28. The van der Waals surface area contributed by atoms with E-state index in [2.05, 4.69) is 10.3 Å². The fourth-order valence-corrected chi connectivity index (χ4v) is 2.84. The Labute approximate surface area is 152 Å². The molecule has 0 unspecified atom stereocenters. The highest BCUT2D eigenvalue weighted by Gasteiger charge is 2.23. The Hall–Kier alpha value is -2.93. The predicted octanol–water partition coefficient (Wildman–Crippen LogP) is 1.49. The maximum Gasteiger partial charge on any atom is 0.255 e. The van der Waals surface area contributed by atoms with Crippen LogP contribution in [0.15, 0.2) is 48.7 Å². The van der Waals surface area contributed by atoms with Crippen molar-refractivity contribution in [1.82, 2.24) is 14.8 Å². The van der Waals surface area contributed by atoms with E-state index in [9.17, 15) is 9.59 Å². The van der Waals surface area contributed by atoms with Gasteiger partial charge in [-0.2, -0.15) is 0 Å². The second kappa shape index (κ2) is 8.44. The molecule has 2 heterocycles. The average molecular weight is 354 g/mol. The molecule has 1 saturated heterocycles. The minimum Gasteiger partial charge on any atom is -0.481 e. The number of hydrogen-bond donors (Lipinski definition) is 1. The molecule has 1 N–H and O–H groups in total. The quantitative estimate of drug-likeness (QED) is 0.880. The van der Waals surface area contributed by atoms with Crippen LogP contribution in [0, 0.1) is 0 Å². The van der Waals surface area contributed by atoms with Crippen molar-refractivity contribution >= 4 is 17.5 Å². The summed E-state index contributed by atoms with van der Waals surface area (Å²) in [5.74, 6) is 0.389. The molecule has 2 aromatic rings. The lowest BCUT2D eigenvalue weighted by molar-refractivity contribution is -0.117. The van der Waals surface area contributed by atoms with Gasteiger partial charge in [0.1, 0.15) is 0 Å². The van der Waals surface area contributed by atoms with Gasteiger partial charge in [-0.25, -0.2) is 4.98 Å². The molecule has 2 amide bonds. The Kier molecular flexibility index (Phi) is 5.80. The summed E-state index contributed by atoms with van der Waals surface area (Å²) in [5.41, 5.74) is 1.33. The molecule has 1 aromatic heterocycles. The van der Waals surface area contributed by atoms with Gasteiger partial charge in [0.15, 0.2) is 0 Å². The Morgan fingerprint density at radius 2 is 1.81 bits per heavy atom. The van der Waals surface area contributed by atoms with Crippen molar-refractivity contribution in [2.24, 2.45) is 0 Å². The lowest BCUT2D eigenvalue weighted by Gasteiger charge is -2.34. The van der Waals surface area contributed by atoms with Crippen LogP contribution in [0.3, 0.4) is 0 Å². The van der Waals surface area contributed by atoms with Crippen LogP contribution in [0.1, 0.15) is 10.4 Å². The number of carbonyl (C=O) groups is 2. The number of rotatable bonds is 5. The maximum absolute atomic E-state index is 12.5. The molecule has 0 bridgehead atoms. The van der Waals surface area contributed by atoms with Crippen LogP contribution in [0.2, 0.25) is 0 Å². The molecule has 1 aliphatic heterocycles. The fourth-order valence-electron chi connectivity index (χ4n) is 2.84. The number of pyridine rings is 1. The van der Waals surface area contributed by atoms with E-state index in [-0.39, 0.29) is 11.8 Å². The van der Waals surface area contributed by atoms with E-state index < -0.39 is 0 Å². The molecule has 136 valence electrons. The Balaban J connectivity index is 1.47. The average Bonchev–Trinajstić information content (AvgIpc) is 2.69. The number of para-hydroxylation sites is 1. The molecule has 26 heavy (non-hydrogen) atoms. The van der Waals surface area contributed by atoms with Crippen LogP contribution in [0.4, 0.5) is 5.69 Å². The summed E-state index contributed by atoms with van der Waals surface area (Å²) in [4.78, 5) is 32.6. The zero-order valence-corrected chi connectivity index (χ0v) is 14.7. The molecule has 0 radical (unpaired) electrons. The Bertz CT molecular complexity index is 741. The highest BCUT2D eigenvalue weighted by Crippen LogP contribution is 2.12. The van der Waals surface area contributed by atoms with E-state index >= 15 is 0 Å². The zero-order valence-electron chi connectivity index (χ0n) is 14.7. The summed E-state index contributed by atoms with van der Waals surface area (Å²) >= 11 is 0. The van der Waals surface area contributed by atoms with Crippen LogP contribution in [0.25, 0.3) is 0 Å². The van der Waals surface area contributed by atoms with Crippen molar-refractivity contribution in [3.63, 3.8) is 0 Å². The SMILES string of the molecule is COc1ccc(C(=O)N2CCN(CC(=O)Nc3ccccc3)CC2)cn1.